The summed E-state index contributed by atoms with van der Waals surface area (Å²) in [7, 11) is 0. The van der Waals surface area contributed by atoms with Gasteiger partial charge in [-0.15, -0.1) is 0 Å². The predicted octanol–water partition coefficient (Wildman–Crippen LogP) is 2.79. The number of halogens is 4. The molecule has 0 aromatic rings. The van der Waals surface area contributed by atoms with Crippen molar-refractivity contribution >= 4 is 0 Å². The second-order valence-electron chi connectivity index (χ2n) is 5.00. The molecule has 0 atom stereocenters. The molecule has 0 unspecified atom stereocenters. The topological polar surface area (TPSA) is 15.3 Å². The van der Waals surface area contributed by atoms with Gasteiger partial charge in [0.05, 0.1) is 0 Å². The second-order valence-corrected chi connectivity index (χ2v) is 5.00. The molecular formula is C13H18F4N2. The molecule has 0 radical (unpaired) electrons. The van der Waals surface area contributed by atoms with Gasteiger partial charge in [0.2, 0.25) is 0 Å². The van der Waals surface area contributed by atoms with Crippen LogP contribution in [0.1, 0.15) is 19.3 Å². The number of alkyl halides is 3. The Morgan fingerprint density at radius 3 is 2.63 bits per heavy atom. The molecule has 2 rings (SSSR count). The molecule has 0 aromatic carbocycles. The summed E-state index contributed by atoms with van der Waals surface area (Å²) in [6, 6.07) is 0. The van der Waals surface area contributed by atoms with E-state index in [1.165, 1.54) is 0 Å². The summed E-state index contributed by atoms with van der Waals surface area (Å²) in [5.41, 5.74) is -0.263. The molecule has 19 heavy (non-hydrogen) atoms. The summed E-state index contributed by atoms with van der Waals surface area (Å²) in [4.78, 5) is 2.10. The van der Waals surface area contributed by atoms with E-state index in [-0.39, 0.29) is 12.8 Å². The first-order valence-electron chi connectivity index (χ1n) is 6.55. The van der Waals surface area contributed by atoms with Crippen LogP contribution in [-0.2, 0) is 0 Å². The standard InChI is InChI=1S/C13H18F4N2/c14-12-8-11(13(15,16)17)3-2-10(12)9-19-6-1-4-18-5-7-19/h8,18H,1-7,9H2. The number of hydrogen-bond acceptors (Lipinski definition) is 2. The average Bonchev–Trinajstić information content (AvgIpc) is 2.59. The fourth-order valence-electron chi connectivity index (χ4n) is 2.44. The molecule has 2 aliphatic rings. The van der Waals surface area contributed by atoms with Crippen molar-refractivity contribution in [3.8, 4) is 0 Å². The molecule has 1 aliphatic heterocycles. The highest BCUT2D eigenvalue weighted by Gasteiger charge is 2.35. The number of hydrogen-bond donors (Lipinski definition) is 1. The van der Waals surface area contributed by atoms with Crippen LogP contribution in [0.25, 0.3) is 0 Å². The van der Waals surface area contributed by atoms with E-state index in [4.69, 9.17) is 0 Å². The van der Waals surface area contributed by atoms with Crippen molar-refractivity contribution in [1.29, 1.82) is 0 Å². The lowest BCUT2D eigenvalue weighted by Gasteiger charge is -2.24. The Kier molecular flexibility index (Phi) is 4.62. The fraction of sp³-hybridized carbons (Fsp3) is 0.692. The van der Waals surface area contributed by atoms with Crippen LogP contribution in [0.5, 0.6) is 0 Å². The monoisotopic (exact) mass is 278 g/mol. The van der Waals surface area contributed by atoms with Crippen LogP contribution in [-0.4, -0.2) is 43.8 Å². The number of allylic oxidation sites excluding steroid dienone is 3. The highest BCUT2D eigenvalue weighted by molar-refractivity contribution is 5.32. The Labute approximate surface area is 110 Å². The molecule has 0 aromatic heterocycles. The van der Waals surface area contributed by atoms with Crippen molar-refractivity contribution in [2.24, 2.45) is 0 Å². The molecule has 0 saturated carbocycles. The third-order valence-corrected chi connectivity index (χ3v) is 3.55. The first-order chi connectivity index (χ1) is 8.97. The molecule has 6 heteroatoms. The third kappa shape index (κ3) is 4.04. The van der Waals surface area contributed by atoms with E-state index >= 15 is 0 Å². The van der Waals surface area contributed by atoms with Crippen molar-refractivity contribution in [2.75, 3.05) is 32.7 Å². The molecule has 1 saturated heterocycles. The molecule has 0 amide bonds. The van der Waals surface area contributed by atoms with E-state index in [1.54, 1.807) is 0 Å². The third-order valence-electron chi connectivity index (χ3n) is 3.55. The van der Waals surface area contributed by atoms with Gasteiger partial charge in [0.1, 0.15) is 5.83 Å². The number of nitrogens with one attached hydrogen (secondary N) is 1. The Morgan fingerprint density at radius 2 is 1.95 bits per heavy atom. The zero-order chi connectivity index (χ0) is 13.9. The maximum atomic E-state index is 13.7. The van der Waals surface area contributed by atoms with Crippen molar-refractivity contribution in [3.63, 3.8) is 0 Å². The normalized spacial score (nSPS) is 23.3. The van der Waals surface area contributed by atoms with Crippen LogP contribution < -0.4 is 5.32 Å². The van der Waals surface area contributed by atoms with E-state index in [9.17, 15) is 17.6 Å². The van der Waals surface area contributed by atoms with E-state index in [1.807, 2.05) is 0 Å². The first-order valence-corrected chi connectivity index (χ1v) is 6.55. The second kappa shape index (κ2) is 6.05. The van der Waals surface area contributed by atoms with Crippen LogP contribution in [0, 0.1) is 0 Å². The number of rotatable bonds is 2. The van der Waals surface area contributed by atoms with Gasteiger partial charge in [0.15, 0.2) is 0 Å². The molecule has 1 heterocycles. The summed E-state index contributed by atoms with van der Waals surface area (Å²) >= 11 is 0. The van der Waals surface area contributed by atoms with Crippen LogP contribution >= 0.6 is 0 Å². The van der Waals surface area contributed by atoms with Gasteiger partial charge in [-0.3, -0.25) is 4.90 Å². The average molecular weight is 278 g/mol. The van der Waals surface area contributed by atoms with Gasteiger partial charge in [-0.2, -0.15) is 13.2 Å². The molecule has 1 N–H and O–H groups in total. The Bertz CT molecular complexity index is 377. The Balaban J connectivity index is 2.02. The minimum atomic E-state index is -4.41. The molecule has 1 fully saturated rings. The van der Waals surface area contributed by atoms with Crippen molar-refractivity contribution in [2.45, 2.75) is 25.4 Å². The summed E-state index contributed by atoms with van der Waals surface area (Å²) in [5, 5.41) is 3.24. The summed E-state index contributed by atoms with van der Waals surface area (Å²) < 4.78 is 51.2. The first kappa shape index (κ1) is 14.5. The minimum absolute atomic E-state index is 0.113. The van der Waals surface area contributed by atoms with Gasteiger partial charge >= 0.3 is 6.18 Å². The molecule has 1 aliphatic carbocycles. The smallest absolute Gasteiger partial charge is 0.315 e. The van der Waals surface area contributed by atoms with Crippen molar-refractivity contribution < 1.29 is 17.6 Å². The van der Waals surface area contributed by atoms with Gasteiger partial charge in [-0.25, -0.2) is 4.39 Å². The lowest BCUT2D eigenvalue weighted by molar-refractivity contribution is -0.0944. The van der Waals surface area contributed by atoms with E-state index in [0.717, 1.165) is 32.6 Å². The van der Waals surface area contributed by atoms with E-state index < -0.39 is 17.6 Å². The predicted molar refractivity (Wildman–Crippen MR) is 65.4 cm³/mol. The van der Waals surface area contributed by atoms with Gasteiger partial charge in [-0.05, 0) is 44.0 Å². The summed E-state index contributed by atoms with van der Waals surface area (Å²) in [5.74, 6) is -0.698. The van der Waals surface area contributed by atoms with Gasteiger partial charge in [0.25, 0.3) is 0 Å². The van der Waals surface area contributed by atoms with Crippen molar-refractivity contribution in [3.05, 3.63) is 23.0 Å². The van der Waals surface area contributed by atoms with Crippen molar-refractivity contribution in [1.82, 2.24) is 10.2 Å². The van der Waals surface area contributed by atoms with Crippen LogP contribution in [0.2, 0.25) is 0 Å². The molecule has 2 nitrogen and oxygen atoms in total. The van der Waals surface area contributed by atoms with E-state index in [2.05, 4.69) is 10.2 Å². The molecule has 0 bridgehead atoms. The molecular weight excluding hydrogens is 260 g/mol. The highest BCUT2D eigenvalue weighted by atomic mass is 19.4. The summed E-state index contributed by atoms with van der Waals surface area (Å²) in [6.07, 6.45) is -2.71. The fourth-order valence-corrected chi connectivity index (χ4v) is 2.44. The lowest BCUT2D eigenvalue weighted by atomic mass is 9.96. The van der Waals surface area contributed by atoms with Crippen LogP contribution in [0.15, 0.2) is 23.0 Å². The van der Waals surface area contributed by atoms with E-state index in [0.29, 0.717) is 18.2 Å². The maximum Gasteiger partial charge on any atom is 0.412 e. The lowest BCUT2D eigenvalue weighted by Crippen LogP contribution is -2.30. The largest absolute Gasteiger partial charge is 0.412 e. The summed E-state index contributed by atoms with van der Waals surface area (Å²) in [6.45, 7) is 3.90. The quantitative estimate of drug-likeness (QED) is 0.781. The molecule has 108 valence electrons. The minimum Gasteiger partial charge on any atom is -0.315 e. The highest BCUT2D eigenvalue weighted by Crippen LogP contribution is 2.35. The Morgan fingerprint density at radius 1 is 1.16 bits per heavy atom. The maximum absolute atomic E-state index is 13.7. The zero-order valence-electron chi connectivity index (χ0n) is 10.7. The van der Waals surface area contributed by atoms with Gasteiger partial charge < -0.3 is 5.32 Å². The zero-order valence-corrected chi connectivity index (χ0v) is 10.7. The Hall–Kier alpha value is -0.880. The van der Waals surface area contributed by atoms with Gasteiger partial charge in [-0.1, -0.05) is 0 Å². The van der Waals surface area contributed by atoms with Crippen LogP contribution in [0.3, 0.4) is 0 Å². The van der Waals surface area contributed by atoms with Gasteiger partial charge in [0, 0.05) is 25.2 Å². The number of nitrogens with zero attached hydrogens (tertiary/aromatic N) is 1. The molecule has 0 spiro atoms. The SMILES string of the molecule is FC1=C(CN2CCCNCC2)CCC(C(F)(F)F)=C1. The van der Waals surface area contributed by atoms with Crippen LogP contribution in [0.4, 0.5) is 17.6 Å².